The smallest absolute Gasteiger partial charge is 0.306 e. The minimum Gasteiger partial charge on any atom is -0.462 e. The Hall–Kier alpha value is -1.10. The summed E-state index contributed by atoms with van der Waals surface area (Å²) in [6.07, 6.45) is 36.5. The highest BCUT2D eigenvalue weighted by Gasteiger charge is 2.15. The van der Waals surface area contributed by atoms with Gasteiger partial charge in [0.15, 0.2) is 0 Å². The van der Waals surface area contributed by atoms with Crippen LogP contribution in [0.25, 0.3) is 0 Å². The molecule has 0 aromatic carbocycles. The van der Waals surface area contributed by atoms with Crippen LogP contribution >= 0.6 is 0 Å². The number of carbonyl (C=O) groups excluding carboxylic acids is 2. The summed E-state index contributed by atoms with van der Waals surface area (Å²) in [4.78, 5) is 24.3. The third kappa shape index (κ3) is 31.8. The summed E-state index contributed by atoms with van der Waals surface area (Å²) >= 11 is 0. The normalized spacial score (nSPS) is 12.0. The predicted molar refractivity (Wildman–Crippen MR) is 180 cm³/mol. The number of ether oxygens (including phenoxy) is 2. The van der Waals surface area contributed by atoms with Crippen LogP contribution in [0, 0.1) is 0 Å². The summed E-state index contributed by atoms with van der Waals surface area (Å²) in [5, 5.41) is 0. The number of hydrogen-bond donors (Lipinski definition) is 1. The molecule has 0 aromatic rings. The number of esters is 2. The third-order valence-electron chi connectivity index (χ3n) is 8.46. The average Bonchev–Trinajstić information content (AvgIpc) is 2.99. The van der Waals surface area contributed by atoms with Crippen molar-refractivity contribution >= 4 is 11.9 Å². The molecule has 250 valence electrons. The molecule has 0 spiro atoms. The Bertz CT molecular complexity index is 568. The van der Waals surface area contributed by atoms with Crippen LogP contribution in [0.1, 0.15) is 206 Å². The van der Waals surface area contributed by atoms with Gasteiger partial charge in [-0.1, -0.05) is 181 Å². The summed E-state index contributed by atoms with van der Waals surface area (Å²) in [5.74, 6) is -0.442. The second-order valence-electron chi connectivity index (χ2n) is 12.7. The number of rotatable bonds is 34. The molecule has 5 heteroatoms. The molecule has 0 heterocycles. The van der Waals surface area contributed by atoms with Gasteiger partial charge < -0.3 is 15.2 Å². The molecule has 42 heavy (non-hydrogen) atoms. The van der Waals surface area contributed by atoms with Gasteiger partial charge in [0.05, 0.1) is 0 Å². The van der Waals surface area contributed by atoms with Crippen molar-refractivity contribution in [3.8, 4) is 0 Å². The van der Waals surface area contributed by atoms with Crippen molar-refractivity contribution in [1.29, 1.82) is 0 Å². The molecule has 0 amide bonds. The van der Waals surface area contributed by atoms with Crippen LogP contribution < -0.4 is 5.73 Å². The van der Waals surface area contributed by atoms with Crippen LogP contribution in [0.2, 0.25) is 0 Å². The molecule has 0 aliphatic heterocycles. The molecule has 0 aliphatic carbocycles. The number of nitrogens with two attached hydrogens (primary N) is 1. The lowest BCUT2D eigenvalue weighted by Gasteiger charge is -2.16. The molecule has 1 atom stereocenters. The van der Waals surface area contributed by atoms with Gasteiger partial charge in [-0.05, 0) is 12.8 Å². The predicted octanol–water partition coefficient (Wildman–Crippen LogP) is 11.1. The molecular weight excluding hydrogens is 522 g/mol. The van der Waals surface area contributed by atoms with E-state index in [0.717, 1.165) is 25.7 Å². The summed E-state index contributed by atoms with van der Waals surface area (Å²) in [7, 11) is 0. The second-order valence-corrected chi connectivity index (χ2v) is 12.7. The molecule has 0 aromatic heterocycles. The lowest BCUT2D eigenvalue weighted by atomic mass is 10.0. The highest BCUT2D eigenvalue weighted by Crippen LogP contribution is 2.15. The molecule has 0 rings (SSSR count). The molecule has 0 bridgehead atoms. The molecule has 2 N–H and O–H groups in total. The van der Waals surface area contributed by atoms with Crippen molar-refractivity contribution in [2.75, 3.05) is 13.2 Å². The maximum atomic E-state index is 12.2. The van der Waals surface area contributed by atoms with Gasteiger partial charge in [0, 0.05) is 19.4 Å². The van der Waals surface area contributed by atoms with Gasteiger partial charge in [-0.2, -0.15) is 0 Å². The largest absolute Gasteiger partial charge is 0.462 e. The summed E-state index contributed by atoms with van der Waals surface area (Å²) < 4.78 is 10.8. The van der Waals surface area contributed by atoms with Crippen LogP contribution in [0.3, 0.4) is 0 Å². The second kappa shape index (κ2) is 34.4. The Morgan fingerprint density at radius 2 is 0.738 bits per heavy atom. The quantitative estimate of drug-likeness (QED) is 0.0591. The maximum Gasteiger partial charge on any atom is 0.306 e. The topological polar surface area (TPSA) is 78.6 Å². The van der Waals surface area contributed by atoms with E-state index in [0.29, 0.717) is 12.8 Å². The molecule has 0 fully saturated rings. The fourth-order valence-electron chi connectivity index (χ4n) is 5.58. The first-order valence-corrected chi connectivity index (χ1v) is 18.7. The minimum atomic E-state index is -0.538. The molecule has 1 unspecified atom stereocenters. The zero-order valence-corrected chi connectivity index (χ0v) is 28.4. The molecule has 0 aliphatic rings. The first-order chi connectivity index (χ1) is 20.6. The van der Waals surface area contributed by atoms with Crippen molar-refractivity contribution in [3.63, 3.8) is 0 Å². The highest BCUT2D eigenvalue weighted by molar-refractivity contribution is 5.70. The Morgan fingerprint density at radius 1 is 0.452 bits per heavy atom. The SMILES string of the molecule is CCCCCCCCCCCCCCCCCC(=O)OCC(CN)OC(=O)CCCCCCCCCCCCCCC. The fraction of sp³-hybridized carbons (Fsp3) is 0.946. The van der Waals surface area contributed by atoms with E-state index in [2.05, 4.69) is 13.8 Å². The van der Waals surface area contributed by atoms with Crippen molar-refractivity contribution in [3.05, 3.63) is 0 Å². The highest BCUT2D eigenvalue weighted by atomic mass is 16.6. The summed E-state index contributed by atoms with van der Waals surface area (Å²) in [6, 6.07) is 0. The monoisotopic (exact) mass is 596 g/mol. The third-order valence-corrected chi connectivity index (χ3v) is 8.46. The van der Waals surface area contributed by atoms with Gasteiger partial charge in [-0.3, -0.25) is 9.59 Å². The Kier molecular flexibility index (Phi) is 33.5. The Balaban J connectivity index is 3.51. The molecule has 0 saturated carbocycles. The van der Waals surface area contributed by atoms with Crippen molar-refractivity contribution in [1.82, 2.24) is 0 Å². The van der Waals surface area contributed by atoms with Crippen molar-refractivity contribution in [2.24, 2.45) is 5.73 Å². The van der Waals surface area contributed by atoms with E-state index in [1.807, 2.05) is 0 Å². The zero-order chi connectivity index (χ0) is 30.8. The number of unbranched alkanes of at least 4 members (excludes halogenated alkanes) is 26. The average molecular weight is 596 g/mol. The van der Waals surface area contributed by atoms with E-state index in [1.54, 1.807) is 0 Å². The minimum absolute atomic E-state index is 0.0679. The van der Waals surface area contributed by atoms with Gasteiger partial charge in [0.2, 0.25) is 0 Å². The Labute approximate surface area is 262 Å². The van der Waals surface area contributed by atoms with E-state index >= 15 is 0 Å². The van der Waals surface area contributed by atoms with E-state index in [1.165, 1.54) is 154 Å². The zero-order valence-electron chi connectivity index (χ0n) is 28.4. The van der Waals surface area contributed by atoms with Crippen LogP contribution in [0.5, 0.6) is 0 Å². The summed E-state index contributed by atoms with van der Waals surface area (Å²) in [5.41, 5.74) is 5.75. The first-order valence-electron chi connectivity index (χ1n) is 18.7. The molecule has 0 radical (unpaired) electrons. The van der Waals surface area contributed by atoms with E-state index in [4.69, 9.17) is 15.2 Å². The van der Waals surface area contributed by atoms with E-state index in [-0.39, 0.29) is 25.1 Å². The molecular formula is C37H73NO4. The van der Waals surface area contributed by atoms with Crippen LogP contribution in [0.15, 0.2) is 0 Å². The number of hydrogen-bond acceptors (Lipinski definition) is 5. The van der Waals surface area contributed by atoms with Crippen LogP contribution in [0.4, 0.5) is 0 Å². The van der Waals surface area contributed by atoms with Gasteiger partial charge in [0.25, 0.3) is 0 Å². The standard InChI is InChI=1S/C37H73NO4/c1-3-5-7-9-11-13-15-17-18-20-21-23-25-27-29-31-36(39)41-34-35(33-38)42-37(40)32-30-28-26-24-22-19-16-14-12-10-8-6-4-2/h35H,3-34,38H2,1-2H3. The lowest BCUT2D eigenvalue weighted by Crippen LogP contribution is -2.32. The fourth-order valence-corrected chi connectivity index (χ4v) is 5.58. The van der Waals surface area contributed by atoms with Crippen molar-refractivity contribution in [2.45, 2.75) is 213 Å². The van der Waals surface area contributed by atoms with Crippen LogP contribution in [-0.2, 0) is 19.1 Å². The Morgan fingerprint density at radius 3 is 1.05 bits per heavy atom. The van der Waals surface area contributed by atoms with Gasteiger partial charge >= 0.3 is 11.9 Å². The molecule has 0 saturated heterocycles. The van der Waals surface area contributed by atoms with Gasteiger partial charge in [0.1, 0.15) is 12.7 Å². The number of carbonyl (C=O) groups is 2. The lowest BCUT2D eigenvalue weighted by molar-refractivity contribution is -0.158. The first kappa shape index (κ1) is 40.9. The van der Waals surface area contributed by atoms with E-state index in [9.17, 15) is 9.59 Å². The van der Waals surface area contributed by atoms with Crippen molar-refractivity contribution < 1.29 is 19.1 Å². The maximum absolute atomic E-state index is 12.2. The van der Waals surface area contributed by atoms with Gasteiger partial charge in [-0.25, -0.2) is 0 Å². The van der Waals surface area contributed by atoms with Gasteiger partial charge in [-0.15, -0.1) is 0 Å². The molecule has 5 nitrogen and oxygen atoms in total. The summed E-state index contributed by atoms with van der Waals surface area (Å²) in [6.45, 7) is 4.78. The van der Waals surface area contributed by atoms with Crippen LogP contribution in [-0.4, -0.2) is 31.2 Å². The van der Waals surface area contributed by atoms with E-state index < -0.39 is 6.10 Å².